The fourth-order valence-corrected chi connectivity index (χ4v) is 4.47. The van der Waals surface area contributed by atoms with Crippen molar-refractivity contribution in [3.05, 3.63) is 35.9 Å². The lowest BCUT2D eigenvalue weighted by molar-refractivity contribution is -0.123. The standard InChI is InChI=1S/C17H30BN3O5S2/c1-27-12-10-16(18(23)24)20-17(22)15(9-5-6-11-19)21-28(25,26)13-14-7-3-2-4-8-14/h2-4,7-8,15-16,21,23-24H,5-6,9-13,19H2,1H3,(H,20,22)/t15-,16-/m0/s1. The minimum Gasteiger partial charge on any atom is -0.426 e. The van der Waals surface area contributed by atoms with Crippen LogP contribution in [0.25, 0.3) is 0 Å². The predicted molar refractivity (Wildman–Crippen MR) is 114 cm³/mol. The van der Waals surface area contributed by atoms with E-state index >= 15 is 0 Å². The monoisotopic (exact) mass is 431 g/mol. The summed E-state index contributed by atoms with van der Waals surface area (Å²) in [4.78, 5) is 12.6. The van der Waals surface area contributed by atoms with Gasteiger partial charge in [-0.25, -0.2) is 13.1 Å². The molecule has 0 heterocycles. The Morgan fingerprint density at radius 3 is 2.46 bits per heavy atom. The second kappa shape index (κ2) is 13.2. The quantitative estimate of drug-likeness (QED) is 0.204. The molecule has 0 aliphatic rings. The fraction of sp³-hybridized carbons (Fsp3) is 0.588. The number of nitrogens with one attached hydrogen (secondary N) is 2. The van der Waals surface area contributed by atoms with Gasteiger partial charge in [-0.2, -0.15) is 11.8 Å². The molecule has 0 bridgehead atoms. The van der Waals surface area contributed by atoms with Crippen molar-refractivity contribution in [1.29, 1.82) is 0 Å². The van der Waals surface area contributed by atoms with Gasteiger partial charge in [0.15, 0.2) is 0 Å². The first-order chi connectivity index (χ1) is 13.3. The molecule has 0 aliphatic heterocycles. The van der Waals surface area contributed by atoms with Crippen LogP contribution in [0.5, 0.6) is 0 Å². The lowest BCUT2D eigenvalue weighted by atomic mass is 9.77. The summed E-state index contributed by atoms with van der Waals surface area (Å²) in [5.74, 6) is -1.06. The largest absolute Gasteiger partial charge is 0.475 e. The molecule has 8 nitrogen and oxygen atoms in total. The zero-order valence-electron chi connectivity index (χ0n) is 16.1. The molecular formula is C17H30BN3O5S2. The van der Waals surface area contributed by atoms with Crippen molar-refractivity contribution < 1.29 is 23.3 Å². The van der Waals surface area contributed by atoms with Gasteiger partial charge in [-0.15, -0.1) is 0 Å². The Bertz CT molecular complexity index is 677. The molecule has 1 rings (SSSR count). The minimum absolute atomic E-state index is 0.243. The molecule has 0 aliphatic carbocycles. The Kier molecular flexibility index (Phi) is 11.7. The smallest absolute Gasteiger partial charge is 0.426 e. The number of nitrogens with two attached hydrogens (primary N) is 1. The van der Waals surface area contributed by atoms with E-state index in [1.165, 1.54) is 11.8 Å². The van der Waals surface area contributed by atoms with Crippen molar-refractivity contribution >= 4 is 34.8 Å². The third-order valence-electron chi connectivity index (χ3n) is 4.11. The van der Waals surface area contributed by atoms with Crippen molar-refractivity contribution in [2.75, 3.05) is 18.6 Å². The lowest BCUT2D eigenvalue weighted by Gasteiger charge is -2.23. The summed E-state index contributed by atoms with van der Waals surface area (Å²) in [6.07, 6.45) is 3.73. The summed E-state index contributed by atoms with van der Waals surface area (Å²) < 4.78 is 27.5. The number of carbonyl (C=O) groups is 1. The number of thioether (sulfide) groups is 1. The van der Waals surface area contributed by atoms with E-state index in [0.717, 1.165) is 0 Å². The third kappa shape index (κ3) is 9.90. The SMILES string of the molecule is CSCC[C@H](NC(=O)[C@H](CCCCN)NS(=O)(=O)Cc1ccccc1)B(O)O. The molecule has 0 saturated heterocycles. The molecule has 1 aromatic carbocycles. The zero-order chi connectivity index (χ0) is 21.0. The van der Waals surface area contributed by atoms with E-state index < -0.39 is 35.0 Å². The molecule has 2 atom stereocenters. The maximum Gasteiger partial charge on any atom is 0.475 e. The van der Waals surface area contributed by atoms with E-state index in [1.54, 1.807) is 30.3 Å². The van der Waals surface area contributed by atoms with Crippen LogP contribution in [-0.4, -0.2) is 62.0 Å². The number of hydrogen-bond acceptors (Lipinski definition) is 7. The number of benzene rings is 1. The summed E-state index contributed by atoms with van der Waals surface area (Å²) in [5.41, 5.74) is 6.10. The first-order valence-corrected chi connectivity index (χ1v) is 12.2. The first kappa shape index (κ1) is 24.9. The van der Waals surface area contributed by atoms with Gasteiger partial charge >= 0.3 is 7.12 Å². The van der Waals surface area contributed by atoms with E-state index in [4.69, 9.17) is 5.73 Å². The average molecular weight is 431 g/mol. The predicted octanol–water partition coefficient (Wildman–Crippen LogP) is -0.146. The second-order valence-corrected chi connectivity index (χ2v) is 9.25. The molecule has 28 heavy (non-hydrogen) atoms. The van der Waals surface area contributed by atoms with E-state index in [0.29, 0.717) is 37.1 Å². The van der Waals surface area contributed by atoms with Crippen molar-refractivity contribution in [2.24, 2.45) is 5.73 Å². The molecule has 1 amide bonds. The molecule has 1 aromatic rings. The summed E-state index contributed by atoms with van der Waals surface area (Å²) in [7, 11) is -5.48. The van der Waals surface area contributed by atoms with Gasteiger partial charge in [0.2, 0.25) is 15.9 Å². The number of amides is 1. The molecule has 0 radical (unpaired) electrons. The van der Waals surface area contributed by atoms with Gasteiger partial charge in [-0.1, -0.05) is 36.8 Å². The minimum atomic E-state index is -3.76. The molecule has 6 N–H and O–H groups in total. The van der Waals surface area contributed by atoms with E-state index in [-0.39, 0.29) is 12.2 Å². The van der Waals surface area contributed by atoms with Crippen LogP contribution in [0.4, 0.5) is 0 Å². The molecular weight excluding hydrogens is 401 g/mol. The maximum atomic E-state index is 12.6. The number of unbranched alkanes of at least 4 members (excludes halogenated alkanes) is 1. The van der Waals surface area contributed by atoms with Gasteiger partial charge in [0.05, 0.1) is 11.7 Å². The fourth-order valence-electron chi connectivity index (χ4n) is 2.61. The lowest BCUT2D eigenvalue weighted by Crippen LogP contribution is -2.54. The van der Waals surface area contributed by atoms with Gasteiger partial charge in [-0.05, 0) is 43.4 Å². The zero-order valence-corrected chi connectivity index (χ0v) is 17.7. The van der Waals surface area contributed by atoms with Gasteiger partial charge in [0, 0.05) is 0 Å². The van der Waals surface area contributed by atoms with Crippen molar-refractivity contribution in [3.8, 4) is 0 Å². The number of hydrogen-bond donors (Lipinski definition) is 5. The summed E-state index contributed by atoms with van der Waals surface area (Å²) in [5, 5.41) is 21.5. The molecule has 0 unspecified atom stereocenters. The van der Waals surface area contributed by atoms with Crippen LogP contribution in [0.1, 0.15) is 31.2 Å². The summed E-state index contributed by atoms with van der Waals surface area (Å²) in [6, 6.07) is 7.68. The van der Waals surface area contributed by atoms with Crippen LogP contribution < -0.4 is 15.8 Å². The van der Waals surface area contributed by atoms with Crippen molar-refractivity contribution in [2.45, 2.75) is 43.4 Å². The van der Waals surface area contributed by atoms with E-state index in [2.05, 4.69) is 10.0 Å². The number of carbonyl (C=O) groups excluding carboxylic acids is 1. The van der Waals surface area contributed by atoms with Crippen LogP contribution in [0.3, 0.4) is 0 Å². The number of sulfonamides is 1. The van der Waals surface area contributed by atoms with Crippen LogP contribution >= 0.6 is 11.8 Å². The second-order valence-electron chi connectivity index (χ2n) is 6.51. The van der Waals surface area contributed by atoms with E-state index in [9.17, 15) is 23.3 Å². The highest BCUT2D eigenvalue weighted by Crippen LogP contribution is 2.09. The molecule has 0 saturated carbocycles. The Labute approximate surface area is 171 Å². The molecule has 158 valence electrons. The third-order valence-corrected chi connectivity index (χ3v) is 6.11. The van der Waals surface area contributed by atoms with Gasteiger partial charge in [0.1, 0.15) is 6.04 Å². The Balaban J connectivity index is 2.83. The molecule has 0 spiro atoms. The van der Waals surface area contributed by atoms with E-state index in [1.807, 2.05) is 6.26 Å². The maximum absolute atomic E-state index is 12.6. The van der Waals surface area contributed by atoms with Crippen LogP contribution in [0.15, 0.2) is 30.3 Å². The van der Waals surface area contributed by atoms with Crippen molar-refractivity contribution in [3.63, 3.8) is 0 Å². The molecule has 0 fully saturated rings. The molecule has 0 aromatic heterocycles. The van der Waals surface area contributed by atoms with Gasteiger partial charge in [0.25, 0.3) is 0 Å². The topological polar surface area (TPSA) is 142 Å². The van der Waals surface area contributed by atoms with Crippen LogP contribution in [0.2, 0.25) is 0 Å². The van der Waals surface area contributed by atoms with Crippen LogP contribution in [0, 0.1) is 0 Å². The Hall–Kier alpha value is -1.11. The summed E-state index contributed by atoms with van der Waals surface area (Å²) >= 11 is 1.51. The summed E-state index contributed by atoms with van der Waals surface area (Å²) in [6.45, 7) is 0.441. The highest BCUT2D eigenvalue weighted by Gasteiger charge is 2.30. The molecule has 11 heteroatoms. The first-order valence-electron chi connectivity index (χ1n) is 9.18. The normalized spacial score (nSPS) is 13.7. The highest BCUT2D eigenvalue weighted by atomic mass is 32.2. The average Bonchev–Trinajstić information content (AvgIpc) is 2.64. The van der Waals surface area contributed by atoms with Crippen LogP contribution in [-0.2, 0) is 20.6 Å². The van der Waals surface area contributed by atoms with Crippen molar-refractivity contribution in [1.82, 2.24) is 10.0 Å². The van der Waals surface area contributed by atoms with Gasteiger partial charge in [-0.3, -0.25) is 4.79 Å². The highest BCUT2D eigenvalue weighted by molar-refractivity contribution is 7.98. The van der Waals surface area contributed by atoms with Gasteiger partial charge < -0.3 is 21.1 Å². The Morgan fingerprint density at radius 1 is 1.21 bits per heavy atom. The number of rotatable bonds is 14. The Morgan fingerprint density at radius 2 is 1.89 bits per heavy atom.